The van der Waals surface area contributed by atoms with Crippen molar-refractivity contribution in [1.29, 1.82) is 0 Å². The number of hydrogen-bond donors (Lipinski definition) is 1. The minimum Gasteiger partial charge on any atom is -0.361 e. The summed E-state index contributed by atoms with van der Waals surface area (Å²) >= 11 is 0. The third kappa shape index (κ3) is 3.17. The van der Waals surface area contributed by atoms with Crippen molar-refractivity contribution in [2.24, 2.45) is 0 Å². The number of amides is 1. The Bertz CT molecular complexity index is 671. The van der Waals surface area contributed by atoms with Gasteiger partial charge in [-0.15, -0.1) is 0 Å². The molecule has 1 saturated heterocycles. The lowest BCUT2D eigenvalue weighted by Gasteiger charge is -2.36. The van der Waals surface area contributed by atoms with Crippen molar-refractivity contribution in [2.45, 2.75) is 19.4 Å². The first-order valence-corrected chi connectivity index (χ1v) is 7.31. The largest absolute Gasteiger partial charge is 0.361 e. The van der Waals surface area contributed by atoms with Gasteiger partial charge in [0.15, 0.2) is 0 Å². The summed E-state index contributed by atoms with van der Waals surface area (Å²) in [6.07, 6.45) is 0.198. The van der Waals surface area contributed by atoms with Crippen LogP contribution in [0.1, 0.15) is 23.1 Å². The van der Waals surface area contributed by atoms with Crippen LogP contribution in [0.4, 0.5) is 4.39 Å². The molecule has 0 saturated carbocycles. The molecule has 3 rings (SSSR count). The van der Waals surface area contributed by atoms with Crippen LogP contribution in [0.3, 0.4) is 0 Å². The summed E-state index contributed by atoms with van der Waals surface area (Å²) in [4.78, 5) is 14.4. The standard InChI is InChI=1S/C16H18FN3O2/c1-11-7-14(19-22-11)9-16(21)20-6-5-18-10-15(20)12-3-2-4-13(17)8-12/h2-4,7-8,15,18H,5-6,9-10H2,1H3. The highest BCUT2D eigenvalue weighted by Crippen LogP contribution is 2.23. The maximum atomic E-state index is 13.5. The molecule has 6 heteroatoms. The van der Waals surface area contributed by atoms with E-state index in [1.165, 1.54) is 12.1 Å². The highest BCUT2D eigenvalue weighted by Gasteiger charge is 2.28. The van der Waals surface area contributed by atoms with E-state index in [9.17, 15) is 9.18 Å². The lowest BCUT2D eigenvalue weighted by Crippen LogP contribution is -2.49. The Balaban J connectivity index is 1.78. The number of nitrogens with zero attached hydrogens (tertiary/aromatic N) is 2. The third-order valence-corrected chi connectivity index (χ3v) is 3.81. The lowest BCUT2D eigenvalue weighted by atomic mass is 10.0. The Kier molecular flexibility index (Phi) is 4.20. The summed E-state index contributed by atoms with van der Waals surface area (Å²) in [7, 11) is 0. The van der Waals surface area contributed by atoms with Crippen molar-refractivity contribution < 1.29 is 13.7 Å². The van der Waals surface area contributed by atoms with Gasteiger partial charge in [-0.25, -0.2) is 4.39 Å². The zero-order chi connectivity index (χ0) is 15.5. The summed E-state index contributed by atoms with van der Waals surface area (Å²) in [5.41, 5.74) is 1.43. The van der Waals surface area contributed by atoms with Crippen molar-refractivity contribution in [3.05, 3.63) is 53.2 Å². The average Bonchev–Trinajstić information content (AvgIpc) is 2.92. The topological polar surface area (TPSA) is 58.4 Å². The number of carbonyl (C=O) groups excluding carboxylic acids is 1. The molecule has 1 aliphatic heterocycles. The van der Waals surface area contributed by atoms with Gasteiger partial charge in [-0.2, -0.15) is 0 Å². The Morgan fingerprint density at radius 1 is 1.50 bits per heavy atom. The van der Waals surface area contributed by atoms with Crippen molar-refractivity contribution in [3.8, 4) is 0 Å². The van der Waals surface area contributed by atoms with Crippen LogP contribution in [0.5, 0.6) is 0 Å². The first kappa shape index (κ1) is 14.7. The van der Waals surface area contributed by atoms with Gasteiger partial charge in [0.1, 0.15) is 11.6 Å². The molecule has 0 radical (unpaired) electrons. The van der Waals surface area contributed by atoms with Crippen molar-refractivity contribution in [2.75, 3.05) is 19.6 Å². The van der Waals surface area contributed by atoms with Gasteiger partial charge in [-0.3, -0.25) is 4.79 Å². The lowest BCUT2D eigenvalue weighted by molar-refractivity contribution is -0.133. The first-order chi connectivity index (χ1) is 10.6. The van der Waals surface area contributed by atoms with E-state index in [1.807, 2.05) is 6.07 Å². The van der Waals surface area contributed by atoms with Crippen LogP contribution in [0.2, 0.25) is 0 Å². The second kappa shape index (κ2) is 6.27. The highest BCUT2D eigenvalue weighted by atomic mass is 19.1. The molecule has 1 atom stereocenters. The van der Waals surface area contributed by atoms with Gasteiger partial charge in [-0.05, 0) is 24.6 Å². The van der Waals surface area contributed by atoms with Crippen LogP contribution in [0.25, 0.3) is 0 Å². The van der Waals surface area contributed by atoms with E-state index in [-0.39, 0.29) is 24.2 Å². The number of aromatic nitrogens is 1. The average molecular weight is 303 g/mol. The molecule has 1 amide bonds. The number of aryl methyl sites for hydroxylation is 1. The predicted molar refractivity (Wildman–Crippen MR) is 78.7 cm³/mol. The predicted octanol–water partition coefficient (Wildman–Crippen LogP) is 1.84. The molecule has 1 aromatic heterocycles. The van der Waals surface area contributed by atoms with Gasteiger partial charge in [-0.1, -0.05) is 17.3 Å². The van der Waals surface area contributed by atoms with Crippen LogP contribution in [0, 0.1) is 12.7 Å². The highest BCUT2D eigenvalue weighted by molar-refractivity contribution is 5.79. The normalized spacial score (nSPS) is 18.5. The van der Waals surface area contributed by atoms with Crippen LogP contribution in [-0.4, -0.2) is 35.6 Å². The van der Waals surface area contributed by atoms with E-state index in [0.29, 0.717) is 24.5 Å². The summed E-state index contributed by atoms with van der Waals surface area (Å²) in [6.45, 7) is 3.74. The van der Waals surface area contributed by atoms with Crippen molar-refractivity contribution in [1.82, 2.24) is 15.4 Å². The summed E-state index contributed by atoms with van der Waals surface area (Å²) in [5, 5.41) is 7.12. The van der Waals surface area contributed by atoms with Gasteiger partial charge >= 0.3 is 0 Å². The fourth-order valence-corrected chi connectivity index (χ4v) is 2.77. The molecule has 2 heterocycles. The number of piperazine rings is 1. The maximum absolute atomic E-state index is 13.5. The van der Waals surface area contributed by atoms with E-state index in [1.54, 1.807) is 24.0 Å². The molecule has 1 aromatic carbocycles. The number of benzene rings is 1. The Labute approximate surface area is 128 Å². The second-order valence-electron chi connectivity index (χ2n) is 5.47. The molecule has 0 aliphatic carbocycles. The van der Waals surface area contributed by atoms with Gasteiger partial charge < -0.3 is 14.7 Å². The SMILES string of the molecule is Cc1cc(CC(=O)N2CCNCC2c2cccc(F)c2)no1. The first-order valence-electron chi connectivity index (χ1n) is 7.31. The number of nitrogens with one attached hydrogen (secondary N) is 1. The van der Waals surface area contributed by atoms with Crippen molar-refractivity contribution in [3.63, 3.8) is 0 Å². The van der Waals surface area contributed by atoms with E-state index in [2.05, 4.69) is 10.5 Å². The molecular formula is C16H18FN3O2. The van der Waals surface area contributed by atoms with Crippen LogP contribution < -0.4 is 5.32 Å². The fourth-order valence-electron chi connectivity index (χ4n) is 2.77. The molecular weight excluding hydrogens is 285 g/mol. The van der Waals surface area contributed by atoms with Crippen LogP contribution >= 0.6 is 0 Å². The summed E-state index contributed by atoms with van der Waals surface area (Å²) in [6, 6.07) is 8.01. The Hall–Kier alpha value is -2.21. The van der Waals surface area contributed by atoms with Gasteiger partial charge in [0.05, 0.1) is 18.2 Å². The molecule has 1 unspecified atom stereocenters. The zero-order valence-corrected chi connectivity index (χ0v) is 12.4. The number of rotatable bonds is 3. The van der Waals surface area contributed by atoms with Gasteiger partial charge in [0.25, 0.3) is 0 Å². The van der Waals surface area contributed by atoms with Gasteiger partial charge in [0, 0.05) is 25.7 Å². The molecule has 0 bridgehead atoms. The minimum absolute atomic E-state index is 0.0240. The maximum Gasteiger partial charge on any atom is 0.229 e. The fraction of sp³-hybridized carbons (Fsp3) is 0.375. The molecule has 5 nitrogen and oxygen atoms in total. The van der Waals surface area contributed by atoms with E-state index in [4.69, 9.17) is 4.52 Å². The molecule has 1 N–H and O–H groups in total. The Morgan fingerprint density at radius 3 is 3.09 bits per heavy atom. The second-order valence-corrected chi connectivity index (χ2v) is 5.47. The van der Waals surface area contributed by atoms with E-state index < -0.39 is 0 Å². The molecule has 0 spiro atoms. The smallest absolute Gasteiger partial charge is 0.229 e. The van der Waals surface area contributed by atoms with Gasteiger partial charge in [0.2, 0.25) is 5.91 Å². The molecule has 2 aromatic rings. The van der Waals surface area contributed by atoms with Crippen LogP contribution in [-0.2, 0) is 11.2 Å². The number of carbonyl (C=O) groups is 1. The van der Waals surface area contributed by atoms with E-state index in [0.717, 1.165) is 12.1 Å². The van der Waals surface area contributed by atoms with Crippen molar-refractivity contribution >= 4 is 5.91 Å². The molecule has 1 fully saturated rings. The quantitative estimate of drug-likeness (QED) is 0.940. The molecule has 1 aliphatic rings. The number of halogens is 1. The number of hydrogen-bond acceptors (Lipinski definition) is 4. The third-order valence-electron chi connectivity index (χ3n) is 3.81. The minimum atomic E-state index is -0.289. The summed E-state index contributed by atoms with van der Waals surface area (Å²) < 4.78 is 18.5. The Morgan fingerprint density at radius 2 is 2.36 bits per heavy atom. The van der Waals surface area contributed by atoms with Crippen LogP contribution in [0.15, 0.2) is 34.9 Å². The molecule has 116 valence electrons. The monoisotopic (exact) mass is 303 g/mol. The summed E-state index contributed by atoms with van der Waals surface area (Å²) in [5.74, 6) is 0.372. The molecule has 22 heavy (non-hydrogen) atoms. The zero-order valence-electron chi connectivity index (χ0n) is 12.4. The van der Waals surface area contributed by atoms with E-state index >= 15 is 0 Å².